The zero-order valence-corrected chi connectivity index (χ0v) is 20.2. The Morgan fingerprint density at radius 2 is 1.92 bits per heavy atom. The number of carbonyl (C=O) groups is 1. The molecule has 1 amide bonds. The monoisotopic (exact) mass is 483 g/mol. The molecule has 2 N–H and O–H groups in total. The molecule has 2 aromatic heterocycles. The number of fused-ring (bicyclic) bond motifs is 1. The van der Waals surface area contributed by atoms with Crippen LogP contribution in [0.4, 0.5) is 0 Å². The van der Waals surface area contributed by atoms with Gasteiger partial charge in [-0.1, -0.05) is 30.3 Å². The van der Waals surface area contributed by atoms with E-state index >= 15 is 0 Å². The maximum absolute atomic E-state index is 13.3. The SMILES string of the molecule is COc1ccc(CNC(=O)c2nn(Cc3ccccn3)c3c2CN(Cc2cccc(O)c2)CC3)cc1. The number of aromatic nitrogens is 3. The van der Waals surface area contributed by atoms with Crippen LogP contribution in [-0.4, -0.2) is 44.3 Å². The third-order valence-corrected chi connectivity index (χ3v) is 6.39. The third kappa shape index (κ3) is 5.39. The minimum absolute atomic E-state index is 0.193. The molecular weight excluding hydrogens is 454 g/mol. The highest BCUT2D eigenvalue weighted by Gasteiger charge is 2.28. The minimum Gasteiger partial charge on any atom is -0.508 e. The zero-order chi connectivity index (χ0) is 24.9. The standard InChI is InChI=1S/C28H29N5O3/c1-36-24-10-8-20(9-11-24)16-30-28(35)27-25-19-32(17-21-5-4-7-23(34)15-21)14-12-26(25)33(31-27)18-22-6-2-3-13-29-22/h2-11,13,15,34H,12,14,16-19H2,1H3,(H,30,35). The first-order valence-corrected chi connectivity index (χ1v) is 12.0. The van der Waals surface area contributed by atoms with Gasteiger partial charge < -0.3 is 15.2 Å². The average molecular weight is 484 g/mol. The molecule has 184 valence electrons. The predicted molar refractivity (Wildman–Crippen MR) is 136 cm³/mol. The van der Waals surface area contributed by atoms with E-state index < -0.39 is 0 Å². The van der Waals surface area contributed by atoms with Gasteiger partial charge >= 0.3 is 0 Å². The van der Waals surface area contributed by atoms with Crippen LogP contribution < -0.4 is 10.1 Å². The topological polar surface area (TPSA) is 92.5 Å². The fourth-order valence-corrected chi connectivity index (χ4v) is 4.56. The molecule has 8 nitrogen and oxygen atoms in total. The van der Waals surface area contributed by atoms with Gasteiger partial charge in [-0.05, 0) is 47.5 Å². The lowest BCUT2D eigenvalue weighted by atomic mass is 10.0. The van der Waals surface area contributed by atoms with E-state index in [-0.39, 0.29) is 11.7 Å². The van der Waals surface area contributed by atoms with E-state index in [0.717, 1.165) is 46.8 Å². The van der Waals surface area contributed by atoms with Gasteiger partial charge in [-0.25, -0.2) is 0 Å². The van der Waals surface area contributed by atoms with Crippen molar-refractivity contribution >= 4 is 5.91 Å². The highest BCUT2D eigenvalue weighted by atomic mass is 16.5. The lowest BCUT2D eigenvalue weighted by Gasteiger charge is -2.27. The van der Waals surface area contributed by atoms with Crippen LogP contribution in [0.3, 0.4) is 0 Å². The van der Waals surface area contributed by atoms with Crippen LogP contribution in [0.1, 0.15) is 38.6 Å². The second kappa shape index (κ2) is 10.6. The number of nitrogens with zero attached hydrogens (tertiary/aromatic N) is 4. The summed E-state index contributed by atoms with van der Waals surface area (Å²) in [5, 5.41) is 17.6. The number of ether oxygens (including phenoxy) is 1. The predicted octanol–water partition coefficient (Wildman–Crippen LogP) is 3.53. The summed E-state index contributed by atoms with van der Waals surface area (Å²) in [5.41, 5.74) is 5.39. The van der Waals surface area contributed by atoms with E-state index in [2.05, 4.69) is 15.2 Å². The Labute approximate surface area is 210 Å². The molecule has 4 aromatic rings. The Morgan fingerprint density at radius 1 is 1.06 bits per heavy atom. The molecule has 2 aromatic carbocycles. The molecule has 0 saturated carbocycles. The zero-order valence-electron chi connectivity index (χ0n) is 20.2. The maximum Gasteiger partial charge on any atom is 0.272 e. The number of aromatic hydroxyl groups is 1. The van der Waals surface area contributed by atoms with E-state index in [9.17, 15) is 9.90 Å². The summed E-state index contributed by atoms with van der Waals surface area (Å²) in [6.07, 6.45) is 2.55. The number of hydrogen-bond donors (Lipinski definition) is 2. The molecule has 0 unspecified atom stereocenters. The number of benzene rings is 2. The number of nitrogens with one attached hydrogen (secondary N) is 1. The van der Waals surface area contributed by atoms with E-state index in [1.165, 1.54) is 0 Å². The van der Waals surface area contributed by atoms with Gasteiger partial charge in [-0.15, -0.1) is 0 Å². The number of methoxy groups -OCH3 is 1. The van der Waals surface area contributed by atoms with Crippen LogP contribution in [0.5, 0.6) is 11.5 Å². The van der Waals surface area contributed by atoms with Gasteiger partial charge in [0.15, 0.2) is 5.69 Å². The molecule has 3 heterocycles. The Bertz CT molecular complexity index is 1340. The van der Waals surface area contributed by atoms with Crippen molar-refractivity contribution in [2.45, 2.75) is 32.6 Å². The highest BCUT2D eigenvalue weighted by Crippen LogP contribution is 2.25. The lowest BCUT2D eigenvalue weighted by Crippen LogP contribution is -2.32. The number of hydrogen-bond acceptors (Lipinski definition) is 6. The molecule has 1 aliphatic heterocycles. The molecule has 0 radical (unpaired) electrons. The molecule has 0 bridgehead atoms. The van der Waals surface area contributed by atoms with Gasteiger partial charge in [-0.2, -0.15) is 5.10 Å². The van der Waals surface area contributed by atoms with E-state index in [4.69, 9.17) is 9.84 Å². The van der Waals surface area contributed by atoms with Gasteiger partial charge in [-0.3, -0.25) is 19.4 Å². The third-order valence-electron chi connectivity index (χ3n) is 6.39. The van der Waals surface area contributed by atoms with Crippen LogP contribution in [0.25, 0.3) is 0 Å². The Kier molecular flexibility index (Phi) is 6.95. The fraction of sp³-hybridized carbons (Fsp3) is 0.250. The number of phenols is 1. The van der Waals surface area contributed by atoms with Crippen LogP contribution in [-0.2, 0) is 32.6 Å². The molecule has 5 rings (SSSR count). The van der Waals surface area contributed by atoms with Gasteiger partial charge in [0.2, 0.25) is 0 Å². The number of rotatable bonds is 8. The first kappa shape index (κ1) is 23.6. The number of phenolic OH excluding ortho intramolecular Hbond substituents is 1. The summed E-state index contributed by atoms with van der Waals surface area (Å²) in [6.45, 7) is 3.05. The van der Waals surface area contributed by atoms with Crippen molar-refractivity contribution in [2.24, 2.45) is 0 Å². The van der Waals surface area contributed by atoms with Gasteiger partial charge in [0.1, 0.15) is 11.5 Å². The van der Waals surface area contributed by atoms with Crippen molar-refractivity contribution in [3.05, 3.63) is 107 Å². The fourth-order valence-electron chi connectivity index (χ4n) is 4.56. The van der Waals surface area contributed by atoms with Crippen LogP contribution in [0, 0.1) is 0 Å². The molecule has 8 heteroatoms. The number of amides is 1. The molecule has 36 heavy (non-hydrogen) atoms. The summed E-state index contributed by atoms with van der Waals surface area (Å²) in [5.74, 6) is 0.840. The Morgan fingerprint density at radius 3 is 2.67 bits per heavy atom. The molecular formula is C28H29N5O3. The lowest BCUT2D eigenvalue weighted by molar-refractivity contribution is 0.0942. The van der Waals surface area contributed by atoms with Crippen molar-refractivity contribution in [1.82, 2.24) is 25.0 Å². The van der Waals surface area contributed by atoms with E-state index in [1.807, 2.05) is 59.3 Å². The molecule has 0 saturated heterocycles. The highest BCUT2D eigenvalue weighted by molar-refractivity contribution is 5.94. The summed E-state index contributed by atoms with van der Waals surface area (Å²) < 4.78 is 7.14. The molecule has 0 fully saturated rings. The minimum atomic E-state index is -0.193. The van der Waals surface area contributed by atoms with Gasteiger partial charge in [0.25, 0.3) is 5.91 Å². The summed E-state index contributed by atoms with van der Waals surface area (Å²) in [7, 11) is 1.63. The average Bonchev–Trinajstić information content (AvgIpc) is 3.25. The van der Waals surface area contributed by atoms with Gasteiger partial charge in [0.05, 0.1) is 19.3 Å². The van der Waals surface area contributed by atoms with Crippen molar-refractivity contribution in [3.63, 3.8) is 0 Å². The summed E-state index contributed by atoms with van der Waals surface area (Å²) in [6, 6.07) is 20.7. The second-order valence-corrected chi connectivity index (χ2v) is 8.91. The Hall–Kier alpha value is -4.17. The summed E-state index contributed by atoms with van der Waals surface area (Å²) in [4.78, 5) is 20.0. The maximum atomic E-state index is 13.3. The number of pyridine rings is 1. The summed E-state index contributed by atoms with van der Waals surface area (Å²) >= 11 is 0. The number of carbonyl (C=O) groups excluding carboxylic acids is 1. The molecule has 0 atom stereocenters. The van der Waals surface area contributed by atoms with E-state index in [0.29, 0.717) is 31.9 Å². The van der Waals surface area contributed by atoms with Crippen LogP contribution in [0.2, 0.25) is 0 Å². The first-order valence-electron chi connectivity index (χ1n) is 12.0. The normalized spacial score (nSPS) is 13.2. The van der Waals surface area contributed by atoms with Crippen LogP contribution in [0.15, 0.2) is 72.9 Å². The van der Waals surface area contributed by atoms with Crippen molar-refractivity contribution in [1.29, 1.82) is 0 Å². The Balaban J connectivity index is 1.38. The first-order chi connectivity index (χ1) is 17.6. The largest absolute Gasteiger partial charge is 0.508 e. The van der Waals surface area contributed by atoms with Crippen LogP contribution >= 0.6 is 0 Å². The second-order valence-electron chi connectivity index (χ2n) is 8.91. The molecule has 0 aliphatic carbocycles. The van der Waals surface area contributed by atoms with E-state index in [1.54, 1.807) is 25.4 Å². The molecule has 0 spiro atoms. The van der Waals surface area contributed by atoms with Crippen molar-refractivity contribution in [3.8, 4) is 11.5 Å². The van der Waals surface area contributed by atoms with Crippen molar-refractivity contribution in [2.75, 3.05) is 13.7 Å². The smallest absolute Gasteiger partial charge is 0.272 e. The molecule has 1 aliphatic rings. The quantitative estimate of drug-likeness (QED) is 0.398. The van der Waals surface area contributed by atoms with Gasteiger partial charge in [0, 0.05) is 50.1 Å². The van der Waals surface area contributed by atoms with Crippen molar-refractivity contribution < 1.29 is 14.6 Å².